The van der Waals surface area contributed by atoms with Crippen LogP contribution in [-0.2, 0) is 0 Å². The van der Waals surface area contributed by atoms with Crippen molar-refractivity contribution in [2.75, 3.05) is 0 Å². The Labute approximate surface area is 68.3 Å². The molecule has 1 saturated carbocycles. The zero-order valence-electron chi connectivity index (χ0n) is 6.84. The minimum atomic E-state index is 0.355. The smallest absolute Gasteiger partial charge is 0.00702 e. The van der Waals surface area contributed by atoms with Crippen molar-refractivity contribution in [2.24, 2.45) is 11.3 Å². The average Bonchev–Trinajstić information content (AvgIpc) is 2.61. The second-order valence-electron chi connectivity index (χ2n) is 3.73. The monoisotopic (exact) mass is 146 g/mol. The highest BCUT2D eigenvalue weighted by atomic mass is 14.5. The highest BCUT2D eigenvalue weighted by molar-refractivity contribution is 5.35. The van der Waals surface area contributed by atoms with E-state index in [-0.39, 0.29) is 0 Å². The van der Waals surface area contributed by atoms with E-state index in [1.165, 1.54) is 24.8 Å². The van der Waals surface area contributed by atoms with Crippen LogP contribution < -0.4 is 0 Å². The zero-order valence-corrected chi connectivity index (χ0v) is 6.84. The highest BCUT2D eigenvalue weighted by Crippen LogP contribution is 2.53. The molecule has 1 fully saturated rings. The Bertz CT molecular complexity index is 234. The van der Waals surface area contributed by atoms with Gasteiger partial charge in [0.25, 0.3) is 0 Å². The Hall–Kier alpha value is -0.780. The number of rotatable bonds is 2. The lowest BCUT2D eigenvalue weighted by molar-refractivity contribution is 0.525. The molecule has 0 amide bonds. The Kier molecular flexibility index (Phi) is 1.32. The van der Waals surface area contributed by atoms with Crippen LogP contribution >= 0.6 is 0 Å². The fraction of sp³-hybridized carbons (Fsp3) is 0.455. The van der Waals surface area contributed by atoms with Crippen LogP contribution in [0.3, 0.4) is 0 Å². The fourth-order valence-electron chi connectivity index (χ4n) is 2.44. The maximum atomic E-state index is 3.90. The van der Waals surface area contributed by atoms with Crippen LogP contribution in [0.4, 0.5) is 0 Å². The average molecular weight is 146 g/mol. The molecule has 11 heavy (non-hydrogen) atoms. The van der Waals surface area contributed by atoms with Gasteiger partial charge in [0.2, 0.25) is 0 Å². The van der Waals surface area contributed by atoms with Gasteiger partial charge in [0.1, 0.15) is 0 Å². The SMILES string of the molecule is C=CC1=CC2(C=C)CCC1C2. The van der Waals surface area contributed by atoms with Crippen molar-refractivity contribution in [1.29, 1.82) is 0 Å². The first-order valence-electron chi connectivity index (χ1n) is 4.28. The van der Waals surface area contributed by atoms with E-state index in [1.807, 2.05) is 6.08 Å². The molecule has 2 aliphatic carbocycles. The van der Waals surface area contributed by atoms with Crippen molar-refractivity contribution in [3.63, 3.8) is 0 Å². The van der Waals surface area contributed by atoms with Crippen molar-refractivity contribution < 1.29 is 0 Å². The molecule has 0 heteroatoms. The van der Waals surface area contributed by atoms with E-state index in [0.29, 0.717) is 5.41 Å². The van der Waals surface area contributed by atoms with E-state index in [4.69, 9.17) is 0 Å². The van der Waals surface area contributed by atoms with Crippen LogP contribution in [0.1, 0.15) is 19.3 Å². The number of fused-ring (bicyclic) bond motifs is 2. The summed E-state index contributed by atoms with van der Waals surface area (Å²) < 4.78 is 0. The molecule has 0 aromatic carbocycles. The Morgan fingerprint density at radius 3 is 2.82 bits per heavy atom. The molecule has 0 nitrogen and oxygen atoms in total. The van der Waals surface area contributed by atoms with Gasteiger partial charge in [-0.25, -0.2) is 0 Å². The Balaban J connectivity index is 2.36. The van der Waals surface area contributed by atoms with Gasteiger partial charge in [-0.3, -0.25) is 0 Å². The minimum absolute atomic E-state index is 0.355. The van der Waals surface area contributed by atoms with Gasteiger partial charge < -0.3 is 0 Å². The van der Waals surface area contributed by atoms with Crippen LogP contribution in [0.2, 0.25) is 0 Å². The Morgan fingerprint density at radius 2 is 2.36 bits per heavy atom. The molecule has 2 bridgehead atoms. The first-order chi connectivity index (χ1) is 5.29. The van der Waals surface area contributed by atoms with Gasteiger partial charge >= 0.3 is 0 Å². The van der Waals surface area contributed by atoms with Crippen molar-refractivity contribution in [3.05, 3.63) is 37.0 Å². The molecule has 2 unspecified atom stereocenters. The lowest BCUT2D eigenvalue weighted by Crippen LogP contribution is -2.05. The van der Waals surface area contributed by atoms with Gasteiger partial charge in [-0.1, -0.05) is 24.8 Å². The molecule has 58 valence electrons. The van der Waals surface area contributed by atoms with Crippen molar-refractivity contribution in [1.82, 2.24) is 0 Å². The second-order valence-corrected chi connectivity index (χ2v) is 3.73. The standard InChI is InChI=1S/C11H14/c1-3-9-7-11(4-2)6-5-10(9)8-11/h3-4,7,10H,1-2,5-6,8H2. The van der Waals surface area contributed by atoms with E-state index >= 15 is 0 Å². The maximum absolute atomic E-state index is 3.90. The Morgan fingerprint density at radius 1 is 1.55 bits per heavy atom. The predicted octanol–water partition coefficient (Wildman–Crippen LogP) is 3.08. The highest BCUT2D eigenvalue weighted by Gasteiger charge is 2.41. The second kappa shape index (κ2) is 2.10. The maximum Gasteiger partial charge on any atom is 0.00702 e. The van der Waals surface area contributed by atoms with Crippen molar-refractivity contribution in [3.8, 4) is 0 Å². The predicted molar refractivity (Wildman–Crippen MR) is 48.3 cm³/mol. The first-order valence-corrected chi connectivity index (χ1v) is 4.28. The van der Waals surface area contributed by atoms with E-state index in [2.05, 4.69) is 25.3 Å². The molecular weight excluding hydrogens is 132 g/mol. The molecular formula is C11H14. The molecule has 0 N–H and O–H groups in total. The quantitative estimate of drug-likeness (QED) is 0.525. The summed E-state index contributed by atoms with van der Waals surface area (Å²) in [5, 5.41) is 0. The van der Waals surface area contributed by atoms with Gasteiger partial charge in [0.15, 0.2) is 0 Å². The molecule has 2 aliphatic rings. The summed E-state index contributed by atoms with van der Waals surface area (Å²) in [6.07, 6.45) is 10.4. The van der Waals surface area contributed by atoms with Gasteiger partial charge in [-0.15, -0.1) is 6.58 Å². The van der Waals surface area contributed by atoms with Crippen molar-refractivity contribution >= 4 is 0 Å². The van der Waals surface area contributed by atoms with E-state index < -0.39 is 0 Å². The summed E-state index contributed by atoms with van der Waals surface area (Å²) in [7, 11) is 0. The zero-order chi connectivity index (χ0) is 7.90. The van der Waals surface area contributed by atoms with E-state index in [1.54, 1.807) is 0 Å². The van der Waals surface area contributed by atoms with Crippen molar-refractivity contribution in [2.45, 2.75) is 19.3 Å². The lowest BCUT2D eigenvalue weighted by atomic mass is 9.87. The summed E-state index contributed by atoms with van der Waals surface area (Å²) in [6, 6.07) is 0. The van der Waals surface area contributed by atoms with Crippen LogP contribution in [0.25, 0.3) is 0 Å². The number of allylic oxidation sites excluding steroid dienone is 4. The van der Waals surface area contributed by atoms with Crippen LogP contribution in [0.5, 0.6) is 0 Å². The summed E-state index contributed by atoms with van der Waals surface area (Å²) in [4.78, 5) is 0. The lowest BCUT2D eigenvalue weighted by Gasteiger charge is -2.17. The van der Waals surface area contributed by atoms with Crippen LogP contribution in [0, 0.1) is 11.3 Å². The molecule has 0 radical (unpaired) electrons. The number of hydrogen-bond acceptors (Lipinski definition) is 0. The third-order valence-corrected chi connectivity index (χ3v) is 3.15. The molecule has 0 aliphatic heterocycles. The molecule has 2 atom stereocenters. The molecule has 0 heterocycles. The summed E-state index contributed by atoms with van der Waals surface area (Å²) in [6.45, 7) is 7.73. The molecule has 0 aromatic rings. The largest absolute Gasteiger partial charge is 0.102 e. The normalized spacial score (nSPS) is 40.4. The van der Waals surface area contributed by atoms with Gasteiger partial charge in [-0.05, 0) is 30.8 Å². The summed E-state index contributed by atoms with van der Waals surface area (Å²) in [5.74, 6) is 0.797. The first kappa shape index (κ1) is 6.90. The van der Waals surface area contributed by atoms with Crippen LogP contribution in [-0.4, -0.2) is 0 Å². The summed E-state index contributed by atoms with van der Waals surface area (Å²) >= 11 is 0. The van der Waals surface area contributed by atoms with E-state index in [9.17, 15) is 0 Å². The van der Waals surface area contributed by atoms with Gasteiger partial charge in [0, 0.05) is 5.41 Å². The number of hydrogen-bond donors (Lipinski definition) is 0. The fourth-order valence-corrected chi connectivity index (χ4v) is 2.44. The molecule has 0 spiro atoms. The van der Waals surface area contributed by atoms with Gasteiger partial charge in [0.05, 0.1) is 0 Å². The molecule has 0 saturated heterocycles. The molecule has 0 aromatic heterocycles. The van der Waals surface area contributed by atoms with Gasteiger partial charge in [-0.2, -0.15) is 0 Å². The van der Waals surface area contributed by atoms with E-state index in [0.717, 1.165) is 5.92 Å². The van der Waals surface area contributed by atoms with Crippen LogP contribution in [0.15, 0.2) is 37.0 Å². The summed E-state index contributed by atoms with van der Waals surface area (Å²) in [5.41, 5.74) is 1.81. The third-order valence-electron chi connectivity index (χ3n) is 3.15. The third kappa shape index (κ3) is 0.819. The topological polar surface area (TPSA) is 0 Å². The molecule has 2 rings (SSSR count). The minimum Gasteiger partial charge on any atom is -0.102 e.